The smallest absolute Gasteiger partial charge is 0.285 e. The maximum atomic E-state index is 11.9. The van der Waals surface area contributed by atoms with Crippen molar-refractivity contribution in [1.82, 2.24) is 5.43 Å². The fraction of sp³-hybridized carbons (Fsp3) is 0.0667. The number of para-hydroxylation sites is 1. The average Bonchev–Trinajstić information content (AvgIpc) is 2.81. The molecular weight excluding hydrogens is 318 g/mol. The van der Waals surface area contributed by atoms with Gasteiger partial charge in [0, 0.05) is 11.1 Å². The molecule has 0 spiro atoms. The number of benzene rings is 2. The molecule has 0 fully saturated rings. The Bertz CT molecular complexity index is 920. The van der Waals surface area contributed by atoms with Gasteiger partial charge in [-0.2, -0.15) is 13.5 Å². The summed E-state index contributed by atoms with van der Waals surface area (Å²) in [6.45, 7) is 0. The van der Waals surface area contributed by atoms with E-state index in [2.05, 4.69) is 14.9 Å². The van der Waals surface area contributed by atoms with Crippen molar-refractivity contribution in [3.8, 4) is 11.5 Å². The fourth-order valence-electron chi connectivity index (χ4n) is 2.16. The third kappa shape index (κ3) is 2.76. The van der Waals surface area contributed by atoms with Gasteiger partial charge in [-0.25, -0.2) is 0 Å². The van der Waals surface area contributed by atoms with Crippen LogP contribution in [0.5, 0.6) is 11.5 Å². The zero-order valence-electron chi connectivity index (χ0n) is 12.1. The van der Waals surface area contributed by atoms with Crippen molar-refractivity contribution < 1.29 is 18.3 Å². The Kier molecular flexibility index (Phi) is 3.75. The monoisotopic (exact) mass is 331 g/mol. The molecule has 0 atom stereocenters. The molecule has 0 saturated heterocycles. The minimum Gasteiger partial charge on any atom is -0.504 e. The maximum Gasteiger partial charge on any atom is 0.285 e. The first-order valence-electron chi connectivity index (χ1n) is 6.62. The number of sulfonamides is 1. The quantitative estimate of drug-likeness (QED) is 0.655. The molecule has 2 aromatic rings. The SMILES string of the molecule is COc1cccc(/C=N\NC2=NS(=O)(=O)c3ccccc32)c1O. The number of amidine groups is 1. The van der Waals surface area contributed by atoms with Gasteiger partial charge in [-0.1, -0.05) is 18.2 Å². The van der Waals surface area contributed by atoms with Gasteiger partial charge in [0.05, 0.1) is 13.3 Å². The molecule has 1 aliphatic heterocycles. The molecule has 118 valence electrons. The fourth-order valence-corrected chi connectivity index (χ4v) is 3.33. The molecule has 23 heavy (non-hydrogen) atoms. The van der Waals surface area contributed by atoms with Crippen LogP contribution in [0, 0.1) is 0 Å². The average molecular weight is 331 g/mol. The van der Waals surface area contributed by atoms with E-state index in [9.17, 15) is 13.5 Å². The first-order valence-corrected chi connectivity index (χ1v) is 8.06. The summed E-state index contributed by atoms with van der Waals surface area (Å²) >= 11 is 0. The molecule has 7 nitrogen and oxygen atoms in total. The first-order chi connectivity index (χ1) is 11.0. The minimum atomic E-state index is -3.69. The summed E-state index contributed by atoms with van der Waals surface area (Å²) in [4.78, 5) is 0.141. The Morgan fingerprint density at radius 3 is 2.78 bits per heavy atom. The second kappa shape index (κ2) is 5.73. The van der Waals surface area contributed by atoms with Gasteiger partial charge < -0.3 is 9.84 Å². The van der Waals surface area contributed by atoms with Gasteiger partial charge >= 0.3 is 0 Å². The third-order valence-electron chi connectivity index (χ3n) is 3.26. The molecule has 0 aliphatic carbocycles. The highest BCUT2D eigenvalue weighted by Gasteiger charge is 2.28. The molecule has 0 saturated carbocycles. The summed E-state index contributed by atoms with van der Waals surface area (Å²) in [5.41, 5.74) is 3.48. The van der Waals surface area contributed by atoms with Crippen molar-refractivity contribution in [3.05, 3.63) is 53.6 Å². The van der Waals surface area contributed by atoms with E-state index < -0.39 is 10.0 Å². The van der Waals surface area contributed by atoms with E-state index in [4.69, 9.17) is 4.74 Å². The van der Waals surface area contributed by atoms with Crippen LogP contribution in [0.2, 0.25) is 0 Å². The maximum absolute atomic E-state index is 11.9. The van der Waals surface area contributed by atoms with Gasteiger partial charge in [-0.3, -0.25) is 5.43 Å². The number of phenolic OH excluding ortho intramolecular Hbond substituents is 1. The topological polar surface area (TPSA) is 100 Å². The molecule has 8 heteroatoms. The van der Waals surface area contributed by atoms with Gasteiger partial charge in [0.2, 0.25) is 0 Å². The third-order valence-corrected chi connectivity index (χ3v) is 4.59. The number of nitrogens with zero attached hydrogens (tertiary/aromatic N) is 2. The second-order valence-corrected chi connectivity index (χ2v) is 6.25. The van der Waals surface area contributed by atoms with Crippen molar-refractivity contribution in [2.24, 2.45) is 9.50 Å². The van der Waals surface area contributed by atoms with E-state index in [-0.39, 0.29) is 16.5 Å². The molecule has 0 amide bonds. The van der Waals surface area contributed by atoms with E-state index in [1.54, 1.807) is 36.4 Å². The number of methoxy groups -OCH3 is 1. The first kappa shape index (κ1) is 15.0. The highest BCUT2D eigenvalue weighted by Crippen LogP contribution is 2.28. The van der Waals surface area contributed by atoms with Crippen LogP contribution >= 0.6 is 0 Å². The number of hydrogen-bond acceptors (Lipinski definition) is 6. The van der Waals surface area contributed by atoms with Gasteiger partial charge in [0.1, 0.15) is 4.90 Å². The number of rotatable bonds is 3. The molecule has 3 rings (SSSR count). The highest BCUT2D eigenvalue weighted by molar-refractivity contribution is 7.90. The van der Waals surface area contributed by atoms with Crippen molar-refractivity contribution in [2.45, 2.75) is 4.90 Å². The summed E-state index contributed by atoms with van der Waals surface area (Å²) in [6, 6.07) is 11.4. The lowest BCUT2D eigenvalue weighted by Crippen LogP contribution is -2.17. The zero-order chi connectivity index (χ0) is 16.4. The minimum absolute atomic E-state index is 0.0538. The van der Waals surface area contributed by atoms with Crippen LogP contribution in [0.3, 0.4) is 0 Å². The van der Waals surface area contributed by atoms with Gasteiger partial charge in [-0.05, 0) is 24.3 Å². The number of hydrogen-bond donors (Lipinski definition) is 2. The zero-order valence-corrected chi connectivity index (χ0v) is 12.9. The largest absolute Gasteiger partial charge is 0.504 e. The lowest BCUT2D eigenvalue weighted by molar-refractivity contribution is 0.373. The Morgan fingerprint density at radius 1 is 1.22 bits per heavy atom. The van der Waals surface area contributed by atoms with E-state index in [0.29, 0.717) is 16.9 Å². The van der Waals surface area contributed by atoms with Crippen LogP contribution in [0.15, 0.2) is 56.9 Å². The molecule has 0 radical (unpaired) electrons. The van der Waals surface area contributed by atoms with Crippen LogP contribution in [-0.4, -0.2) is 32.7 Å². The summed E-state index contributed by atoms with van der Waals surface area (Å²) < 4.78 is 32.5. The molecule has 1 aliphatic rings. The van der Waals surface area contributed by atoms with Crippen LogP contribution in [-0.2, 0) is 10.0 Å². The number of nitrogens with one attached hydrogen (secondary N) is 1. The van der Waals surface area contributed by atoms with E-state index in [0.717, 1.165) is 0 Å². The molecule has 1 heterocycles. The van der Waals surface area contributed by atoms with Gasteiger partial charge in [0.25, 0.3) is 10.0 Å². The summed E-state index contributed by atoms with van der Waals surface area (Å²) in [7, 11) is -2.24. The standard InChI is InChI=1S/C15H13N3O4S/c1-22-12-7-4-5-10(14(12)19)9-16-17-15-11-6-2-3-8-13(11)23(20,21)18-15/h2-9,19H,1H3,(H,17,18)/b16-9-. The number of ether oxygens (including phenoxy) is 1. The van der Waals surface area contributed by atoms with Crippen LogP contribution in [0.25, 0.3) is 0 Å². The van der Waals surface area contributed by atoms with Crippen molar-refractivity contribution in [1.29, 1.82) is 0 Å². The van der Waals surface area contributed by atoms with Crippen molar-refractivity contribution in [2.75, 3.05) is 7.11 Å². The van der Waals surface area contributed by atoms with E-state index in [1.165, 1.54) is 19.4 Å². The predicted octanol–water partition coefficient (Wildman–Crippen LogP) is 1.47. The van der Waals surface area contributed by atoms with Crippen LogP contribution < -0.4 is 10.2 Å². The lowest BCUT2D eigenvalue weighted by Gasteiger charge is -2.05. The molecular formula is C15H13N3O4S. The normalized spacial score (nSPS) is 15.3. The molecule has 2 aromatic carbocycles. The van der Waals surface area contributed by atoms with Crippen molar-refractivity contribution >= 4 is 22.1 Å². The summed E-state index contributed by atoms with van der Waals surface area (Å²) in [6.07, 6.45) is 1.36. The molecule has 2 N–H and O–H groups in total. The van der Waals surface area contributed by atoms with Crippen molar-refractivity contribution in [3.63, 3.8) is 0 Å². The summed E-state index contributed by atoms with van der Waals surface area (Å²) in [5.74, 6) is 0.404. The van der Waals surface area contributed by atoms with Gasteiger partial charge in [-0.15, -0.1) is 4.40 Å². The number of phenols is 1. The van der Waals surface area contributed by atoms with E-state index in [1.807, 2.05) is 0 Å². The Labute approximate surface area is 133 Å². The molecule has 0 unspecified atom stereocenters. The summed E-state index contributed by atoms with van der Waals surface area (Å²) in [5, 5.41) is 13.9. The van der Waals surface area contributed by atoms with E-state index >= 15 is 0 Å². The highest BCUT2D eigenvalue weighted by atomic mass is 32.2. The molecule has 0 bridgehead atoms. The predicted molar refractivity (Wildman–Crippen MR) is 85.6 cm³/mol. The van der Waals surface area contributed by atoms with Gasteiger partial charge in [0.15, 0.2) is 17.3 Å². The number of aromatic hydroxyl groups is 1. The van der Waals surface area contributed by atoms with Crippen LogP contribution in [0.1, 0.15) is 11.1 Å². The number of hydrazone groups is 1. The number of fused-ring (bicyclic) bond motifs is 1. The Morgan fingerprint density at radius 2 is 2.00 bits per heavy atom. The molecule has 0 aromatic heterocycles. The van der Waals surface area contributed by atoms with Crippen LogP contribution in [0.4, 0.5) is 0 Å². The Hall–Kier alpha value is -2.87. The Balaban J connectivity index is 1.85. The second-order valence-electron chi connectivity index (χ2n) is 4.68. The lowest BCUT2D eigenvalue weighted by atomic mass is 10.2.